The highest BCUT2D eigenvalue weighted by atomic mass is 32.2. The molecule has 1 aliphatic heterocycles. The van der Waals surface area contributed by atoms with E-state index >= 15 is 0 Å². The van der Waals surface area contributed by atoms with Gasteiger partial charge in [0.1, 0.15) is 11.2 Å². The van der Waals surface area contributed by atoms with Crippen LogP contribution in [0.25, 0.3) is 0 Å². The Bertz CT molecular complexity index is 892. The molecule has 0 saturated carbocycles. The molecule has 0 aliphatic carbocycles. The first-order chi connectivity index (χ1) is 12.7. The third-order valence-corrected chi connectivity index (χ3v) is 5.55. The quantitative estimate of drug-likeness (QED) is 0.816. The molecule has 1 fully saturated rings. The van der Waals surface area contributed by atoms with Crippen LogP contribution in [0.15, 0.2) is 42.5 Å². The SMILES string of the molecule is Cc1ccc(F)c(N2C(=O)CSC2c2cccc(NC(=O)C(C)(C)C)c2)c1. The summed E-state index contributed by atoms with van der Waals surface area (Å²) in [5, 5.41) is 2.57. The number of carbonyl (C=O) groups is 2. The van der Waals surface area contributed by atoms with E-state index in [9.17, 15) is 14.0 Å². The van der Waals surface area contributed by atoms with Crippen LogP contribution in [0.4, 0.5) is 15.8 Å². The molecule has 2 aromatic carbocycles. The Balaban J connectivity index is 1.93. The number of amides is 2. The van der Waals surface area contributed by atoms with E-state index in [1.54, 1.807) is 12.1 Å². The van der Waals surface area contributed by atoms with E-state index in [-0.39, 0.29) is 22.9 Å². The predicted molar refractivity (Wildman–Crippen MR) is 108 cm³/mol. The molecule has 1 saturated heterocycles. The van der Waals surface area contributed by atoms with Crippen LogP contribution in [0, 0.1) is 18.2 Å². The van der Waals surface area contributed by atoms with Gasteiger partial charge in [-0.1, -0.05) is 39.0 Å². The number of hydrogen-bond acceptors (Lipinski definition) is 3. The van der Waals surface area contributed by atoms with Crippen molar-refractivity contribution in [3.05, 3.63) is 59.4 Å². The van der Waals surface area contributed by atoms with Gasteiger partial charge in [-0.25, -0.2) is 4.39 Å². The predicted octanol–water partition coefficient (Wildman–Crippen LogP) is 4.90. The van der Waals surface area contributed by atoms with Gasteiger partial charge in [0.15, 0.2) is 0 Å². The van der Waals surface area contributed by atoms with Crippen LogP contribution in [0.3, 0.4) is 0 Å². The number of thioether (sulfide) groups is 1. The summed E-state index contributed by atoms with van der Waals surface area (Å²) in [4.78, 5) is 26.3. The number of nitrogens with zero attached hydrogens (tertiary/aromatic N) is 1. The number of aryl methyl sites for hydroxylation is 1. The molecule has 1 atom stereocenters. The summed E-state index contributed by atoms with van der Waals surface area (Å²) < 4.78 is 14.4. The Labute approximate surface area is 163 Å². The van der Waals surface area contributed by atoms with Crippen molar-refractivity contribution in [1.82, 2.24) is 0 Å². The summed E-state index contributed by atoms with van der Waals surface area (Å²) in [6.07, 6.45) is 0. The van der Waals surface area contributed by atoms with Crippen LogP contribution < -0.4 is 10.2 Å². The number of nitrogens with one attached hydrogen (secondary N) is 1. The molecule has 3 rings (SSSR count). The van der Waals surface area contributed by atoms with E-state index in [1.165, 1.54) is 22.7 Å². The molecule has 1 aliphatic rings. The molecule has 1 N–H and O–H groups in total. The van der Waals surface area contributed by atoms with Gasteiger partial charge in [-0.05, 0) is 42.3 Å². The third-order valence-electron chi connectivity index (χ3n) is 4.34. The maximum absolute atomic E-state index is 14.4. The highest BCUT2D eigenvalue weighted by Crippen LogP contribution is 2.43. The lowest BCUT2D eigenvalue weighted by Gasteiger charge is -2.25. The highest BCUT2D eigenvalue weighted by molar-refractivity contribution is 8.00. The van der Waals surface area contributed by atoms with E-state index in [0.29, 0.717) is 11.4 Å². The minimum Gasteiger partial charge on any atom is -0.326 e. The molecule has 0 aromatic heterocycles. The lowest BCUT2D eigenvalue weighted by atomic mass is 9.95. The molecule has 0 bridgehead atoms. The number of halogens is 1. The number of anilines is 2. The second-order valence-corrected chi connectivity index (χ2v) is 8.78. The molecule has 1 heterocycles. The normalized spacial score (nSPS) is 17.3. The fourth-order valence-corrected chi connectivity index (χ4v) is 3.99. The van der Waals surface area contributed by atoms with Gasteiger partial charge in [-0.3, -0.25) is 14.5 Å². The van der Waals surface area contributed by atoms with E-state index in [0.717, 1.165) is 11.1 Å². The first kappa shape index (κ1) is 19.4. The molecule has 142 valence electrons. The van der Waals surface area contributed by atoms with E-state index in [4.69, 9.17) is 0 Å². The van der Waals surface area contributed by atoms with Crippen LogP contribution in [-0.4, -0.2) is 17.6 Å². The Morgan fingerprint density at radius 3 is 2.67 bits per heavy atom. The fourth-order valence-electron chi connectivity index (χ4n) is 2.83. The second kappa shape index (κ2) is 7.35. The molecule has 1 unspecified atom stereocenters. The van der Waals surface area contributed by atoms with Crippen LogP contribution in [0.5, 0.6) is 0 Å². The van der Waals surface area contributed by atoms with E-state index < -0.39 is 11.2 Å². The third kappa shape index (κ3) is 4.16. The van der Waals surface area contributed by atoms with Gasteiger partial charge in [0.05, 0.1) is 11.4 Å². The van der Waals surface area contributed by atoms with Crippen molar-refractivity contribution < 1.29 is 14.0 Å². The monoisotopic (exact) mass is 386 g/mol. The lowest BCUT2D eigenvalue weighted by molar-refractivity contribution is -0.123. The average molecular weight is 386 g/mol. The van der Waals surface area contributed by atoms with E-state index in [2.05, 4.69) is 5.32 Å². The lowest BCUT2D eigenvalue weighted by Crippen LogP contribution is -2.29. The van der Waals surface area contributed by atoms with Gasteiger partial charge >= 0.3 is 0 Å². The topological polar surface area (TPSA) is 49.4 Å². The summed E-state index contributed by atoms with van der Waals surface area (Å²) in [7, 11) is 0. The molecule has 2 aromatic rings. The smallest absolute Gasteiger partial charge is 0.238 e. The molecule has 4 nitrogen and oxygen atoms in total. The number of hydrogen-bond donors (Lipinski definition) is 1. The first-order valence-electron chi connectivity index (χ1n) is 8.78. The summed E-state index contributed by atoms with van der Waals surface area (Å²) >= 11 is 1.45. The molecular weight excluding hydrogens is 363 g/mol. The van der Waals surface area contributed by atoms with Crippen molar-refractivity contribution in [2.45, 2.75) is 33.1 Å². The zero-order valence-corrected chi connectivity index (χ0v) is 16.7. The van der Waals surface area contributed by atoms with Gasteiger partial charge in [0, 0.05) is 11.1 Å². The van der Waals surface area contributed by atoms with Crippen molar-refractivity contribution in [3.63, 3.8) is 0 Å². The van der Waals surface area contributed by atoms with Crippen molar-refractivity contribution in [2.75, 3.05) is 16.0 Å². The highest BCUT2D eigenvalue weighted by Gasteiger charge is 2.35. The van der Waals surface area contributed by atoms with Crippen LogP contribution >= 0.6 is 11.8 Å². The molecule has 0 spiro atoms. The van der Waals surface area contributed by atoms with Gasteiger partial charge in [0.25, 0.3) is 0 Å². The summed E-state index contributed by atoms with van der Waals surface area (Å²) in [5.74, 6) is -0.343. The summed E-state index contributed by atoms with van der Waals surface area (Å²) in [6, 6.07) is 12.2. The summed E-state index contributed by atoms with van der Waals surface area (Å²) in [6.45, 7) is 7.41. The van der Waals surface area contributed by atoms with E-state index in [1.807, 2.05) is 52.0 Å². The number of benzene rings is 2. The van der Waals surface area contributed by atoms with Crippen molar-refractivity contribution in [1.29, 1.82) is 0 Å². The molecule has 0 radical (unpaired) electrons. The average Bonchev–Trinajstić information content (AvgIpc) is 2.98. The zero-order valence-electron chi connectivity index (χ0n) is 15.9. The maximum atomic E-state index is 14.4. The minimum atomic E-state index is -0.509. The van der Waals surface area contributed by atoms with Crippen molar-refractivity contribution in [3.8, 4) is 0 Å². The Morgan fingerprint density at radius 1 is 1.22 bits per heavy atom. The standard InChI is InChI=1S/C21H23FN2O2S/c1-13-8-9-16(22)17(10-13)24-18(25)12-27-19(24)14-6-5-7-15(11-14)23-20(26)21(2,3)4/h5-11,19H,12H2,1-4H3,(H,23,26). The Morgan fingerprint density at radius 2 is 1.96 bits per heavy atom. The second-order valence-electron chi connectivity index (χ2n) is 7.71. The van der Waals surface area contributed by atoms with Crippen molar-refractivity contribution in [2.24, 2.45) is 5.41 Å². The largest absolute Gasteiger partial charge is 0.326 e. The number of carbonyl (C=O) groups excluding carboxylic acids is 2. The minimum absolute atomic E-state index is 0.0867. The van der Waals surface area contributed by atoms with Crippen LogP contribution in [-0.2, 0) is 9.59 Å². The van der Waals surface area contributed by atoms with Gasteiger partial charge in [0.2, 0.25) is 11.8 Å². The molecular formula is C21H23FN2O2S. The Kier molecular flexibility index (Phi) is 5.29. The van der Waals surface area contributed by atoms with Crippen LogP contribution in [0.1, 0.15) is 37.3 Å². The van der Waals surface area contributed by atoms with Gasteiger partial charge in [-0.2, -0.15) is 0 Å². The molecule has 2 amide bonds. The number of rotatable bonds is 3. The first-order valence-corrected chi connectivity index (χ1v) is 9.83. The fraction of sp³-hybridized carbons (Fsp3) is 0.333. The molecule has 6 heteroatoms. The molecule has 27 heavy (non-hydrogen) atoms. The van der Waals surface area contributed by atoms with Crippen LogP contribution in [0.2, 0.25) is 0 Å². The maximum Gasteiger partial charge on any atom is 0.238 e. The van der Waals surface area contributed by atoms with Gasteiger partial charge < -0.3 is 5.32 Å². The van der Waals surface area contributed by atoms with Gasteiger partial charge in [-0.15, -0.1) is 11.8 Å². The zero-order chi connectivity index (χ0) is 19.8. The van der Waals surface area contributed by atoms with Crippen molar-refractivity contribution >= 4 is 35.0 Å². The summed E-state index contributed by atoms with van der Waals surface area (Å²) in [5.41, 5.74) is 2.18. The Hall–Kier alpha value is -2.34.